The van der Waals surface area contributed by atoms with Crippen LogP contribution in [0, 0.1) is 0 Å². The molecule has 0 spiro atoms. The molecule has 0 amide bonds. The number of benzene rings is 9. The van der Waals surface area contributed by atoms with Gasteiger partial charge in [-0.3, -0.25) is 0 Å². The van der Waals surface area contributed by atoms with Gasteiger partial charge in [0.15, 0.2) is 0 Å². The number of anilines is 3. The van der Waals surface area contributed by atoms with Crippen molar-refractivity contribution in [2.75, 3.05) is 4.90 Å². The average Bonchev–Trinajstić information content (AvgIpc) is 3.99. The molecule has 3 nitrogen and oxygen atoms in total. The summed E-state index contributed by atoms with van der Waals surface area (Å²) in [6, 6.07) is 71.5. The predicted molar refractivity (Wildman–Crippen MR) is 245 cm³/mol. The van der Waals surface area contributed by atoms with E-state index in [4.69, 9.17) is 8.83 Å². The Morgan fingerprint density at radius 1 is 0.362 bits per heavy atom. The topological polar surface area (TPSA) is 29.5 Å². The van der Waals surface area contributed by atoms with Crippen molar-refractivity contribution >= 4 is 92.4 Å². The number of nitrogens with zero attached hydrogens (tertiary/aromatic N) is 1. The first kappa shape index (κ1) is 32.8. The average molecular weight is 760 g/mol. The molecule has 0 fully saturated rings. The summed E-state index contributed by atoms with van der Waals surface area (Å²) >= 11 is 1.87. The molecular weight excluding hydrogens is 727 g/mol. The van der Waals surface area contributed by atoms with E-state index in [1.54, 1.807) is 0 Å². The fourth-order valence-corrected chi connectivity index (χ4v) is 10.1. The summed E-state index contributed by atoms with van der Waals surface area (Å²) in [4.78, 5) is 2.49. The van der Waals surface area contributed by atoms with Gasteiger partial charge in [-0.25, -0.2) is 0 Å². The van der Waals surface area contributed by atoms with Crippen LogP contribution in [0.1, 0.15) is 0 Å². The summed E-state index contributed by atoms with van der Waals surface area (Å²) in [6.45, 7) is 0. The highest BCUT2D eigenvalue weighted by Gasteiger charge is 2.27. The van der Waals surface area contributed by atoms with E-state index in [0.717, 1.165) is 72.1 Å². The van der Waals surface area contributed by atoms with Gasteiger partial charge in [0.05, 0.1) is 16.8 Å². The van der Waals surface area contributed by atoms with Gasteiger partial charge < -0.3 is 13.7 Å². The molecular formula is C54H33NO2S. The smallest absolute Gasteiger partial charge is 0.137 e. The molecule has 9 aromatic carbocycles. The summed E-state index contributed by atoms with van der Waals surface area (Å²) in [5, 5.41) is 6.74. The van der Waals surface area contributed by atoms with Crippen LogP contribution in [0.3, 0.4) is 0 Å². The molecule has 3 heterocycles. The van der Waals surface area contributed by atoms with Gasteiger partial charge in [0.2, 0.25) is 0 Å². The minimum Gasteiger partial charge on any atom is -0.456 e. The van der Waals surface area contributed by atoms with Crippen LogP contribution in [0.2, 0.25) is 0 Å². The van der Waals surface area contributed by atoms with Crippen LogP contribution >= 0.6 is 11.3 Å². The van der Waals surface area contributed by atoms with E-state index < -0.39 is 0 Å². The molecule has 272 valence electrons. The van der Waals surface area contributed by atoms with Gasteiger partial charge >= 0.3 is 0 Å². The Kier molecular flexibility index (Phi) is 7.40. The maximum absolute atomic E-state index is 6.66. The Hall–Kier alpha value is -7.40. The van der Waals surface area contributed by atoms with E-state index in [2.05, 4.69) is 187 Å². The minimum atomic E-state index is 0.843. The molecule has 12 rings (SSSR count). The van der Waals surface area contributed by atoms with Crippen molar-refractivity contribution in [3.8, 4) is 33.4 Å². The molecule has 0 aliphatic rings. The Morgan fingerprint density at radius 2 is 0.948 bits per heavy atom. The quantitative estimate of drug-likeness (QED) is 0.169. The van der Waals surface area contributed by atoms with Crippen molar-refractivity contribution in [2.45, 2.75) is 0 Å². The lowest BCUT2D eigenvalue weighted by Crippen LogP contribution is -2.12. The predicted octanol–water partition coefficient (Wildman–Crippen LogP) is 16.3. The summed E-state index contributed by atoms with van der Waals surface area (Å²) in [5.41, 5.74) is 13.7. The van der Waals surface area contributed by atoms with Crippen molar-refractivity contribution in [3.05, 3.63) is 200 Å². The largest absolute Gasteiger partial charge is 0.456 e. The fourth-order valence-electron chi connectivity index (χ4n) is 8.83. The van der Waals surface area contributed by atoms with Crippen LogP contribution in [-0.2, 0) is 0 Å². The molecule has 0 N–H and O–H groups in total. The molecule has 0 aliphatic carbocycles. The van der Waals surface area contributed by atoms with Crippen LogP contribution < -0.4 is 4.90 Å². The monoisotopic (exact) mass is 759 g/mol. The number of hydrogen-bond acceptors (Lipinski definition) is 4. The van der Waals surface area contributed by atoms with Gasteiger partial charge in [0.25, 0.3) is 0 Å². The molecule has 0 radical (unpaired) electrons. The molecule has 0 atom stereocenters. The lowest BCUT2D eigenvalue weighted by atomic mass is 9.95. The lowest BCUT2D eigenvalue weighted by molar-refractivity contribution is 0.668. The normalized spacial score (nSPS) is 11.8. The van der Waals surface area contributed by atoms with Gasteiger partial charge in [0, 0.05) is 47.6 Å². The third-order valence-electron chi connectivity index (χ3n) is 11.5. The summed E-state index contributed by atoms with van der Waals surface area (Å²) in [5.74, 6) is 0. The molecule has 12 aromatic rings. The van der Waals surface area contributed by atoms with E-state index in [-0.39, 0.29) is 0 Å². The summed E-state index contributed by atoms with van der Waals surface area (Å²) in [7, 11) is 0. The SMILES string of the molecule is c1ccc(-c2ccc3c(c2)sc2c(-c4ccccc4)ccc(N(c4ccc5oc6ccccc6c5c4)c4c(-c5ccccc5)ccc5oc6ccccc6c45)c23)cc1. The maximum Gasteiger partial charge on any atom is 0.137 e. The molecule has 0 bridgehead atoms. The number of hydrogen-bond donors (Lipinski definition) is 0. The second-order valence-electron chi connectivity index (χ2n) is 14.8. The van der Waals surface area contributed by atoms with Gasteiger partial charge in [-0.1, -0.05) is 146 Å². The lowest BCUT2D eigenvalue weighted by Gasteiger charge is -2.30. The first-order chi connectivity index (χ1) is 28.8. The molecule has 3 aromatic heterocycles. The highest BCUT2D eigenvalue weighted by Crippen LogP contribution is 2.53. The zero-order chi connectivity index (χ0) is 38.2. The minimum absolute atomic E-state index is 0.843. The third kappa shape index (κ3) is 5.12. The van der Waals surface area contributed by atoms with Crippen molar-refractivity contribution < 1.29 is 8.83 Å². The second-order valence-corrected chi connectivity index (χ2v) is 15.8. The zero-order valence-corrected chi connectivity index (χ0v) is 32.0. The van der Waals surface area contributed by atoms with Crippen molar-refractivity contribution in [1.29, 1.82) is 0 Å². The van der Waals surface area contributed by atoms with Crippen LogP contribution in [0.15, 0.2) is 209 Å². The van der Waals surface area contributed by atoms with E-state index in [1.807, 2.05) is 29.5 Å². The van der Waals surface area contributed by atoms with E-state index >= 15 is 0 Å². The first-order valence-corrected chi connectivity index (χ1v) is 20.4. The number of fused-ring (bicyclic) bond motifs is 9. The van der Waals surface area contributed by atoms with E-state index in [9.17, 15) is 0 Å². The van der Waals surface area contributed by atoms with Crippen LogP contribution in [0.4, 0.5) is 17.1 Å². The summed E-state index contributed by atoms with van der Waals surface area (Å²) in [6.07, 6.45) is 0. The van der Waals surface area contributed by atoms with Gasteiger partial charge in [-0.2, -0.15) is 0 Å². The Morgan fingerprint density at radius 3 is 1.71 bits per heavy atom. The highest BCUT2D eigenvalue weighted by molar-refractivity contribution is 7.26. The van der Waals surface area contributed by atoms with Crippen molar-refractivity contribution in [2.24, 2.45) is 0 Å². The second kappa shape index (κ2) is 13.1. The van der Waals surface area contributed by atoms with E-state index in [0.29, 0.717) is 0 Å². The standard InChI is InChI=1S/C54H33NO2S/c1-4-14-34(15-5-1)37-24-26-43-50(32-37)58-54-40(36-18-8-3-9-19-36)27-29-45(51(43)54)55(38-25-30-48-44(33-38)41-20-10-12-22-46(41)56-48)53-39(35-16-6-2-7-17-35)28-31-49-52(53)42-21-11-13-23-47(42)57-49/h1-33H. The summed E-state index contributed by atoms with van der Waals surface area (Å²) < 4.78 is 15.5. The van der Waals surface area contributed by atoms with Crippen LogP contribution in [-0.4, -0.2) is 0 Å². The molecule has 0 aliphatic heterocycles. The number of thiophene rings is 1. The van der Waals surface area contributed by atoms with Crippen LogP contribution in [0.25, 0.3) is 97.4 Å². The molecule has 58 heavy (non-hydrogen) atoms. The first-order valence-electron chi connectivity index (χ1n) is 19.6. The highest BCUT2D eigenvalue weighted by atomic mass is 32.1. The van der Waals surface area contributed by atoms with Gasteiger partial charge in [0.1, 0.15) is 22.3 Å². The van der Waals surface area contributed by atoms with Gasteiger partial charge in [-0.15, -0.1) is 11.3 Å². The molecule has 0 saturated carbocycles. The van der Waals surface area contributed by atoms with Crippen LogP contribution in [0.5, 0.6) is 0 Å². The fraction of sp³-hybridized carbons (Fsp3) is 0. The maximum atomic E-state index is 6.66. The Balaban J connectivity index is 1.24. The molecule has 0 saturated heterocycles. The van der Waals surface area contributed by atoms with E-state index in [1.165, 1.54) is 42.4 Å². The van der Waals surface area contributed by atoms with Crippen molar-refractivity contribution in [1.82, 2.24) is 0 Å². The van der Waals surface area contributed by atoms with Gasteiger partial charge in [-0.05, 0) is 82.4 Å². The Labute approximate surface area is 338 Å². The number of furan rings is 2. The number of rotatable bonds is 6. The Bertz CT molecular complexity index is 3510. The zero-order valence-electron chi connectivity index (χ0n) is 31.2. The molecule has 4 heteroatoms. The third-order valence-corrected chi connectivity index (χ3v) is 12.7. The molecule has 0 unspecified atom stereocenters. The van der Waals surface area contributed by atoms with Crippen molar-refractivity contribution in [3.63, 3.8) is 0 Å². The number of para-hydroxylation sites is 2.